The number of phenols is 3. The van der Waals surface area contributed by atoms with Gasteiger partial charge < -0.3 is 45.4 Å². The van der Waals surface area contributed by atoms with Crippen LogP contribution in [-0.4, -0.2) is 137 Å². The number of hydrogen-bond donors (Lipinski definition) is 6. The number of likely N-dealkylation sites (tertiary alicyclic amines) is 2. The summed E-state index contributed by atoms with van der Waals surface area (Å²) >= 11 is 5.10. The van der Waals surface area contributed by atoms with E-state index in [1.807, 2.05) is 0 Å². The lowest BCUT2D eigenvalue weighted by Gasteiger charge is -2.24. The molecule has 3 aromatic heterocycles. The molecule has 6 heterocycles. The van der Waals surface area contributed by atoms with Gasteiger partial charge >= 0.3 is 0 Å². The molecule has 3 aliphatic heterocycles. The van der Waals surface area contributed by atoms with E-state index in [0.717, 1.165) is 45.2 Å². The van der Waals surface area contributed by atoms with Crippen LogP contribution in [0.3, 0.4) is 0 Å². The van der Waals surface area contributed by atoms with Crippen LogP contribution in [0, 0.1) is 0 Å². The molecule has 0 bridgehead atoms. The number of aliphatic hydroxyl groups excluding tert-OH is 2. The van der Waals surface area contributed by atoms with Crippen LogP contribution < -0.4 is 10.1 Å². The molecule has 2 amide bonds. The molecule has 2 aromatic carbocycles. The van der Waals surface area contributed by atoms with E-state index in [2.05, 4.69) is 20.3 Å². The minimum Gasteiger partial charge on any atom is -0.507 e. The molecule has 0 saturated carbocycles. The van der Waals surface area contributed by atoms with Crippen LogP contribution >= 0.6 is 24.0 Å². The molecule has 8 rings (SSSR count). The molecule has 17 nitrogen and oxygen atoms in total. The fraction of sp³-hybridized carbons (Fsp3) is 0.333. The Morgan fingerprint density at radius 1 is 0.687 bits per heavy atom. The number of rotatable bonds is 10. The Balaban J connectivity index is 0.000000308. The molecule has 3 saturated heterocycles. The van der Waals surface area contributed by atoms with Crippen molar-refractivity contribution in [3.8, 4) is 23.0 Å². The molecule has 3 fully saturated rings. The summed E-state index contributed by atoms with van der Waals surface area (Å²) in [5.41, 5.74) is 1.35. The largest absolute Gasteiger partial charge is 0.507 e. The SMILES string of the molecule is C.Cl.O=C(Cl)c1ccccn1.O=C(c1cccnc1)N1CCC[C@H]1CO.O=Cc1c(O)cccc1O.O=Cc1c(O)cccc1OC[C@@H]1CCCN1C(=O)c1ccccn1.OC[C@@H]1CCCN1. The number of nitrogens with zero attached hydrogens (tertiary/aromatic N) is 5. The van der Waals surface area contributed by atoms with Crippen molar-refractivity contribution in [2.45, 2.75) is 64.1 Å². The summed E-state index contributed by atoms with van der Waals surface area (Å²) in [6.07, 6.45) is 13.3. The number of carbonyl (C=O) groups excluding carboxylic acids is 5. The van der Waals surface area contributed by atoms with Gasteiger partial charge in [0.15, 0.2) is 12.6 Å². The van der Waals surface area contributed by atoms with E-state index in [9.17, 15) is 29.1 Å². The van der Waals surface area contributed by atoms with Crippen molar-refractivity contribution in [1.29, 1.82) is 0 Å². The number of hydrogen-bond acceptors (Lipinski definition) is 15. The summed E-state index contributed by atoms with van der Waals surface area (Å²) < 4.78 is 5.70. The summed E-state index contributed by atoms with van der Waals surface area (Å²) in [7, 11) is 0. The Morgan fingerprint density at radius 2 is 1.27 bits per heavy atom. The molecule has 19 heteroatoms. The van der Waals surface area contributed by atoms with Crippen LogP contribution in [0.5, 0.6) is 23.0 Å². The van der Waals surface area contributed by atoms with Crippen molar-refractivity contribution >= 4 is 53.6 Å². The number of ether oxygens (including phenoxy) is 1. The van der Waals surface area contributed by atoms with Gasteiger partial charge in [0.25, 0.3) is 17.1 Å². The maximum Gasteiger partial charge on any atom is 0.272 e. The van der Waals surface area contributed by atoms with E-state index in [0.29, 0.717) is 54.5 Å². The van der Waals surface area contributed by atoms with Crippen molar-refractivity contribution in [2.24, 2.45) is 0 Å². The zero-order valence-electron chi connectivity index (χ0n) is 36.0. The Kier molecular flexibility index (Phi) is 25.9. The van der Waals surface area contributed by atoms with Crippen LogP contribution in [-0.2, 0) is 0 Å². The summed E-state index contributed by atoms with van der Waals surface area (Å²) in [6, 6.07) is 22.9. The van der Waals surface area contributed by atoms with Gasteiger partial charge in [-0.05, 0) is 117 Å². The smallest absolute Gasteiger partial charge is 0.272 e. The predicted molar refractivity (Wildman–Crippen MR) is 254 cm³/mol. The van der Waals surface area contributed by atoms with Crippen LogP contribution in [0.1, 0.15) is 98.0 Å². The Labute approximate surface area is 400 Å². The molecule has 3 atom stereocenters. The van der Waals surface area contributed by atoms with Gasteiger partial charge in [0.1, 0.15) is 41.0 Å². The fourth-order valence-electron chi connectivity index (χ4n) is 6.88. The number of aldehydes is 2. The summed E-state index contributed by atoms with van der Waals surface area (Å²) in [5.74, 6) is -0.338. The van der Waals surface area contributed by atoms with Crippen molar-refractivity contribution in [2.75, 3.05) is 39.5 Å². The second-order valence-corrected chi connectivity index (χ2v) is 15.0. The molecule has 0 aliphatic carbocycles. The van der Waals surface area contributed by atoms with Gasteiger partial charge in [-0.25, -0.2) is 0 Å². The highest BCUT2D eigenvalue weighted by molar-refractivity contribution is 6.67. The van der Waals surface area contributed by atoms with Crippen molar-refractivity contribution < 1.29 is 54.2 Å². The highest BCUT2D eigenvalue weighted by Gasteiger charge is 2.31. The molecule has 0 radical (unpaired) electrons. The monoisotopic (exact) mass is 964 g/mol. The van der Waals surface area contributed by atoms with E-state index >= 15 is 0 Å². The summed E-state index contributed by atoms with van der Waals surface area (Å²) in [5, 5.41) is 47.8. The topological polar surface area (TPSA) is 253 Å². The maximum atomic E-state index is 12.6. The second kappa shape index (κ2) is 30.7. The van der Waals surface area contributed by atoms with Crippen molar-refractivity contribution in [3.05, 3.63) is 138 Å². The Bertz CT molecular complexity index is 2240. The third kappa shape index (κ3) is 17.7. The van der Waals surface area contributed by atoms with E-state index in [1.165, 1.54) is 36.9 Å². The molecule has 360 valence electrons. The van der Waals surface area contributed by atoms with Crippen LogP contribution in [0.25, 0.3) is 0 Å². The van der Waals surface area contributed by atoms with Gasteiger partial charge in [0.05, 0.1) is 42.0 Å². The predicted octanol–water partition coefficient (Wildman–Crippen LogP) is 6.12. The second-order valence-electron chi connectivity index (χ2n) is 14.6. The third-order valence-corrected chi connectivity index (χ3v) is 10.5. The first-order valence-electron chi connectivity index (χ1n) is 20.9. The first-order valence-corrected chi connectivity index (χ1v) is 21.3. The lowest BCUT2D eigenvalue weighted by Crippen LogP contribution is -2.39. The normalized spacial score (nSPS) is 16.5. The average Bonchev–Trinajstić information content (AvgIpc) is 4.16. The minimum absolute atomic E-state index is 0. The number of amides is 2. The van der Waals surface area contributed by atoms with Crippen LogP contribution in [0.2, 0.25) is 0 Å². The first kappa shape index (κ1) is 56.6. The number of aromatic hydroxyl groups is 3. The highest BCUT2D eigenvalue weighted by Crippen LogP contribution is 2.28. The molecule has 67 heavy (non-hydrogen) atoms. The number of aliphatic hydroxyl groups is 2. The number of halogens is 2. The molecule has 3 aliphatic rings. The molecular weight excluding hydrogens is 907 g/mol. The number of benzene rings is 2. The van der Waals surface area contributed by atoms with E-state index in [1.54, 1.807) is 89.1 Å². The lowest BCUT2D eigenvalue weighted by molar-refractivity contribution is 0.0674. The van der Waals surface area contributed by atoms with Crippen LogP contribution in [0.15, 0.2) is 110 Å². The van der Waals surface area contributed by atoms with Gasteiger partial charge in [-0.1, -0.05) is 31.7 Å². The molecule has 0 spiro atoms. The number of phenolic OH excluding ortho intramolecular Hbond substituents is 3. The van der Waals surface area contributed by atoms with Gasteiger partial charge in [-0.3, -0.25) is 38.9 Å². The molecule has 6 N–H and O–H groups in total. The van der Waals surface area contributed by atoms with Crippen molar-refractivity contribution in [1.82, 2.24) is 30.1 Å². The molecule has 0 unspecified atom stereocenters. The van der Waals surface area contributed by atoms with E-state index in [-0.39, 0.29) is 85.3 Å². The number of carbonyl (C=O) groups is 5. The van der Waals surface area contributed by atoms with Gasteiger partial charge in [-0.2, -0.15) is 0 Å². The van der Waals surface area contributed by atoms with Crippen LogP contribution in [0.4, 0.5) is 0 Å². The van der Waals surface area contributed by atoms with Crippen molar-refractivity contribution in [3.63, 3.8) is 0 Å². The first-order chi connectivity index (χ1) is 31.5. The number of pyridine rings is 3. The van der Waals surface area contributed by atoms with E-state index in [4.69, 9.17) is 36.8 Å². The summed E-state index contributed by atoms with van der Waals surface area (Å²) in [6.45, 7) is 3.10. The minimum atomic E-state index is -0.518. The average molecular weight is 966 g/mol. The lowest BCUT2D eigenvalue weighted by atomic mass is 10.2. The number of nitrogens with one attached hydrogen (secondary N) is 1. The zero-order chi connectivity index (χ0) is 47.0. The van der Waals surface area contributed by atoms with E-state index < -0.39 is 5.24 Å². The van der Waals surface area contributed by atoms with Gasteiger partial charge in [0, 0.05) is 43.9 Å². The molecule has 5 aromatic rings. The quantitative estimate of drug-likeness (QED) is 0.0681. The van der Waals surface area contributed by atoms with Gasteiger partial charge in [-0.15, -0.1) is 12.4 Å². The Morgan fingerprint density at radius 3 is 1.73 bits per heavy atom. The highest BCUT2D eigenvalue weighted by atomic mass is 35.5. The molecular formula is C48H58Cl2N6O11. The maximum absolute atomic E-state index is 12.6. The Hall–Kier alpha value is -6.50. The zero-order valence-corrected chi connectivity index (χ0v) is 37.5. The fourth-order valence-corrected chi connectivity index (χ4v) is 6.99. The standard InChI is InChI=1S/C18H18N2O4.C11H14N2O2.C7H6O3.C6H4ClNO.C5H11NO.CH4.ClH/c21-11-14-16(22)7-3-8-17(14)24-12-13-5-4-10-20(13)18(23)15-6-1-2-9-19-15;14-8-10-4-2-6-13(10)11(15)9-3-1-5-12-7-9;8-4-5-6(9)2-1-3-7(5)10;7-6(9)5-3-1-2-4-8-5;7-4-5-2-1-3-6-5;;/h1-3,6-9,11,13,22H,4-5,10,12H2;1,3,5,7,10,14H,2,4,6,8H2;1-4,9-10H;1-4H;5-7H,1-4H2;1H4;1H/t13-;10-;;;5-;;/m00..0../s1. The van der Waals surface area contributed by atoms with Gasteiger partial charge in [0.2, 0.25) is 0 Å². The third-order valence-electron chi connectivity index (χ3n) is 10.3. The summed E-state index contributed by atoms with van der Waals surface area (Å²) in [4.78, 5) is 71.3. The number of aromatic nitrogens is 3.